The lowest BCUT2D eigenvalue weighted by atomic mass is 9.97. The van der Waals surface area contributed by atoms with Crippen LogP contribution in [0.25, 0.3) is 11.1 Å². The summed E-state index contributed by atoms with van der Waals surface area (Å²) in [6.45, 7) is 2.95. The lowest BCUT2D eigenvalue weighted by Crippen LogP contribution is -2.09. The van der Waals surface area contributed by atoms with Crippen LogP contribution in [-0.4, -0.2) is 10.5 Å². The second-order valence-electron chi connectivity index (χ2n) is 8.94. The highest BCUT2D eigenvalue weighted by Gasteiger charge is 2.27. The van der Waals surface area contributed by atoms with Crippen molar-refractivity contribution >= 4 is 5.97 Å². The fourth-order valence-electron chi connectivity index (χ4n) is 4.71. The van der Waals surface area contributed by atoms with Gasteiger partial charge in [-0.1, -0.05) is 121 Å². The number of aromatic nitrogens is 1. The Morgan fingerprint density at radius 3 is 1.75 bits per heavy atom. The van der Waals surface area contributed by atoms with E-state index in [9.17, 15) is 4.79 Å². The topological polar surface area (TPSA) is 31.2 Å². The molecule has 0 atom stereocenters. The van der Waals surface area contributed by atoms with Gasteiger partial charge in [0.2, 0.25) is 0 Å². The van der Waals surface area contributed by atoms with Gasteiger partial charge in [-0.2, -0.15) is 0 Å². The summed E-state index contributed by atoms with van der Waals surface area (Å²) >= 11 is 0. The third kappa shape index (κ3) is 5.16. The van der Waals surface area contributed by atoms with Crippen molar-refractivity contribution < 1.29 is 9.53 Å². The molecule has 0 saturated carbocycles. The highest BCUT2D eigenvalue weighted by Crippen LogP contribution is 2.35. The predicted molar refractivity (Wildman–Crippen MR) is 145 cm³/mol. The van der Waals surface area contributed by atoms with Gasteiger partial charge < -0.3 is 9.30 Å². The molecule has 0 aliphatic heterocycles. The van der Waals surface area contributed by atoms with E-state index in [1.54, 1.807) is 0 Å². The zero-order valence-corrected chi connectivity index (χ0v) is 20.4. The Labute approximate surface area is 212 Å². The van der Waals surface area contributed by atoms with Crippen LogP contribution in [0.4, 0.5) is 0 Å². The molecule has 4 aromatic carbocycles. The highest BCUT2D eigenvalue weighted by atomic mass is 16.5. The molecule has 178 valence electrons. The minimum absolute atomic E-state index is 0.241. The van der Waals surface area contributed by atoms with Crippen LogP contribution in [0.15, 0.2) is 121 Å². The van der Waals surface area contributed by atoms with Crippen LogP contribution in [0, 0.1) is 6.92 Å². The first kappa shape index (κ1) is 23.4. The van der Waals surface area contributed by atoms with Crippen molar-refractivity contribution in [1.82, 2.24) is 4.57 Å². The lowest BCUT2D eigenvalue weighted by Gasteiger charge is -2.14. The smallest absolute Gasteiger partial charge is 0.340 e. The number of carbonyl (C=O) groups is 1. The maximum Gasteiger partial charge on any atom is 0.340 e. The molecule has 0 bridgehead atoms. The molecule has 0 fully saturated rings. The van der Waals surface area contributed by atoms with E-state index in [0.717, 1.165) is 28.1 Å². The molecule has 1 heterocycles. The van der Waals surface area contributed by atoms with E-state index in [-0.39, 0.29) is 12.6 Å². The van der Waals surface area contributed by atoms with E-state index in [1.165, 1.54) is 11.1 Å². The van der Waals surface area contributed by atoms with Crippen LogP contribution in [0.2, 0.25) is 0 Å². The Balaban J connectivity index is 1.64. The van der Waals surface area contributed by atoms with Crippen LogP contribution in [0.5, 0.6) is 0 Å². The van der Waals surface area contributed by atoms with Gasteiger partial charge in [-0.3, -0.25) is 0 Å². The summed E-state index contributed by atoms with van der Waals surface area (Å²) in [6, 6.07) is 40.8. The first-order valence-electron chi connectivity index (χ1n) is 12.3. The highest BCUT2D eigenvalue weighted by molar-refractivity contribution is 6.00. The molecule has 1 aromatic heterocycles. The summed E-state index contributed by atoms with van der Waals surface area (Å²) in [7, 11) is 0. The molecule has 0 aliphatic carbocycles. The van der Waals surface area contributed by atoms with Gasteiger partial charge >= 0.3 is 5.97 Å². The van der Waals surface area contributed by atoms with Gasteiger partial charge in [-0.25, -0.2) is 4.79 Å². The monoisotopic (exact) mass is 471 g/mol. The molecular weight excluding hydrogens is 442 g/mol. The van der Waals surface area contributed by atoms with E-state index >= 15 is 0 Å². The van der Waals surface area contributed by atoms with E-state index in [0.29, 0.717) is 18.5 Å². The van der Waals surface area contributed by atoms with Gasteiger partial charge in [0.25, 0.3) is 0 Å². The van der Waals surface area contributed by atoms with Crippen molar-refractivity contribution in [2.45, 2.75) is 26.5 Å². The van der Waals surface area contributed by atoms with Crippen molar-refractivity contribution in [3.8, 4) is 11.1 Å². The van der Waals surface area contributed by atoms with E-state index < -0.39 is 0 Å². The molecule has 0 aliphatic rings. The fraction of sp³-hybridized carbons (Fsp3) is 0.121. The molecule has 5 aromatic rings. The van der Waals surface area contributed by atoms with E-state index in [2.05, 4.69) is 65.2 Å². The number of hydrogen-bond donors (Lipinski definition) is 0. The Bertz CT molecular complexity index is 1420. The number of esters is 1. The van der Waals surface area contributed by atoms with Gasteiger partial charge in [0.05, 0.1) is 5.56 Å². The molecule has 0 saturated heterocycles. The average molecular weight is 472 g/mol. The predicted octanol–water partition coefficient (Wildman–Crippen LogP) is 7.46. The zero-order chi connectivity index (χ0) is 24.7. The van der Waals surface area contributed by atoms with Crippen molar-refractivity contribution in [1.29, 1.82) is 0 Å². The van der Waals surface area contributed by atoms with Crippen molar-refractivity contribution in [2.75, 3.05) is 0 Å². The summed E-state index contributed by atoms with van der Waals surface area (Å²) < 4.78 is 8.16. The number of rotatable bonds is 8. The second-order valence-corrected chi connectivity index (χ2v) is 8.94. The normalized spacial score (nSPS) is 10.8. The minimum Gasteiger partial charge on any atom is -0.457 e. The Hall–Kier alpha value is -4.37. The zero-order valence-electron chi connectivity index (χ0n) is 20.4. The van der Waals surface area contributed by atoms with Crippen LogP contribution in [0.1, 0.15) is 38.4 Å². The molecule has 0 N–H and O–H groups in total. The quantitative estimate of drug-likeness (QED) is 0.220. The first-order valence-corrected chi connectivity index (χ1v) is 12.3. The summed E-state index contributed by atoms with van der Waals surface area (Å²) in [5.74, 6) is -0.295. The van der Waals surface area contributed by atoms with Gasteiger partial charge in [-0.05, 0) is 29.2 Å². The van der Waals surface area contributed by atoms with E-state index in [4.69, 9.17) is 4.74 Å². The molecule has 0 spiro atoms. The molecule has 36 heavy (non-hydrogen) atoms. The first-order chi connectivity index (χ1) is 17.7. The average Bonchev–Trinajstić information content (AvgIpc) is 3.20. The number of ether oxygens (including phenoxy) is 1. The van der Waals surface area contributed by atoms with Crippen LogP contribution in [0.3, 0.4) is 0 Å². The second kappa shape index (κ2) is 10.9. The molecule has 3 nitrogen and oxygen atoms in total. The molecule has 0 amide bonds. The van der Waals surface area contributed by atoms with Gasteiger partial charge in [0.15, 0.2) is 0 Å². The van der Waals surface area contributed by atoms with Crippen LogP contribution in [-0.2, 0) is 24.3 Å². The molecule has 5 rings (SSSR count). The Morgan fingerprint density at radius 1 is 0.667 bits per heavy atom. The van der Waals surface area contributed by atoms with Crippen molar-refractivity contribution in [3.63, 3.8) is 0 Å². The Kier molecular flexibility index (Phi) is 7.09. The molecular formula is C33H29NO2. The Morgan fingerprint density at radius 2 is 1.17 bits per heavy atom. The maximum atomic E-state index is 13.7. The summed E-state index contributed by atoms with van der Waals surface area (Å²) in [5.41, 5.74) is 7.99. The third-order valence-electron chi connectivity index (χ3n) is 6.51. The molecule has 0 radical (unpaired) electrons. The van der Waals surface area contributed by atoms with Crippen molar-refractivity contribution in [2.24, 2.45) is 0 Å². The standard InChI is InChI=1S/C33H29NO2/c1-25-31(33(35)36-24-28-18-10-4-11-19-28)32(29-20-12-5-13-21-29)30(22-26-14-6-2-7-15-26)34(25)23-27-16-8-3-9-17-27/h2-21H,22-24H2,1H3. The summed E-state index contributed by atoms with van der Waals surface area (Å²) in [5, 5.41) is 0. The van der Waals surface area contributed by atoms with Crippen molar-refractivity contribution in [3.05, 3.63) is 155 Å². The van der Waals surface area contributed by atoms with E-state index in [1.807, 2.05) is 67.6 Å². The molecule has 3 heteroatoms. The largest absolute Gasteiger partial charge is 0.457 e. The van der Waals surface area contributed by atoms with Gasteiger partial charge in [0, 0.05) is 29.9 Å². The fourth-order valence-corrected chi connectivity index (χ4v) is 4.71. The minimum atomic E-state index is -0.295. The van der Waals surface area contributed by atoms with Crippen LogP contribution >= 0.6 is 0 Å². The number of hydrogen-bond acceptors (Lipinski definition) is 2. The maximum absolute atomic E-state index is 13.7. The summed E-state index contributed by atoms with van der Waals surface area (Å²) in [4.78, 5) is 13.7. The third-order valence-corrected chi connectivity index (χ3v) is 6.51. The SMILES string of the molecule is Cc1c(C(=O)OCc2ccccc2)c(-c2ccccc2)c(Cc2ccccc2)n1Cc1ccccc1. The number of nitrogens with zero attached hydrogens (tertiary/aromatic N) is 1. The summed E-state index contributed by atoms with van der Waals surface area (Å²) in [6.07, 6.45) is 0.713. The lowest BCUT2D eigenvalue weighted by molar-refractivity contribution is 0.0472. The van der Waals surface area contributed by atoms with Gasteiger partial charge in [-0.15, -0.1) is 0 Å². The van der Waals surface area contributed by atoms with Gasteiger partial charge in [0.1, 0.15) is 6.61 Å². The number of benzene rings is 4. The number of carbonyl (C=O) groups excluding carboxylic acids is 1. The van der Waals surface area contributed by atoms with Crippen LogP contribution < -0.4 is 0 Å². The molecule has 0 unspecified atom stereocenters.